The van der Waals surface area contributed by atoms with Crippen molar-refractivity contribution in [3.05, 3.63) is 18.1 Å². The van der Waals surface area contributed by atoms with Gasteiger partial charge in [0.2, 0.25) is 0 Å². The van der Waals surface area contributed by atoms with Crippen molar-refractivity contribution in [2.75, 3.05) is 11.4 Å². The molecule has 3 rings (SSSR count). The molecule has 1 saturated carbocycles. The second-order valence-corrected chi connectivity index (χ2v) is 5.15. The van der Waals surface area contributed by atoms with Gasteiger partial charge in [0.1, 0.15) is 11.6 Å². The van der Waals surface area contributed by atoms with Gasteiger partial charge in [0.15, 0.2) is 0 Å². The standard InChI is InChI=1S/C13H19N3/c1-11-14-9-5-12(15-11)16-10-8-13(16)6-3-2-4-7-13/h5,9H,2-4,6-8,10H2,1H3. The van der Waals surface area contributed by atoms with Gasteiger partial charge >= 0.3 is 0 Å². The third kappa shape index (κ3) is 1.49. The van der Waals surface area contributed by atoms with E-state index < -0.39 is 0 Å². The normalized spacial score (nSPS) is 23.2. The predicted molar refractivity (Wildman–Crippen MR) is 64.5 cm³/mol. The van der Waals surface area contributed by atoms with Crippen LogP contribution in [-0.2, 0) is 0 Å². The SMILES string of the molecule is Cc1nccc(N2CCC23CCCCC3)n1. The van der Waals surface area contributed by atoms with Crippen LogP contribution in [0.15, 0.2) is 12.3 Å². The van der Waals surface area contributed by atoms with E-state index in [0.717, 1.165) is 11.6 Å². The highest BCUT2D eigenvalue weighted by Crippen LogP contribution is 2.44. The van der Waals surface area contributed by atoms with Gasteiger partial charge < -0.3 is 4.90 Å². The van der Waals surface area contributed by atoms with Crippen molar-refractivity contribution in [2.45, 2.75) is 51.0 Å². The van der Waals surface area contributed by atoms with Gasteiger partial charge in [-0.3, -0.25) is 0 Å². The molecule has 2 aliphatic rings. The second-order valence-electron chi connectivity index (χ2n) is 5.15. The van der Waals surface area contributed by atoms with Gasteiger partial charge in [0.25, 0.3) is 0 Å². The third-order valence-electron chi connectivity index (χ3n) is 4.20. The number of nitrogens with zero attached hydrogens (tertiary/aromatic N) is 3. The smallest absolute Gasteiger partial charge is 0.132 e. The summed E-state index contributed by atoms with van der Waals surface area (Å²) in [4.78, 5) is 11.3. The maximum atomic E-state index is 4.56. The van der Waals surface area contributed by atoms with Gasteiger partial charge in [0, 0.05) is 18.3 Å². The highest BCUT2D eigenvalue weighted by Gasteiger charge is 2.45. The summed E-state index contributed by atoms with van der Waals surface area (Å²) in [6.45, 7) is 3.15. The lowest BCUT2D eigenvalue weighted by Crippen LogP contribution is -2.61. The Hall–Kier alpha value is -1.12. The van der Waals surface area contributed by atoms with Crippen LogP contribution in [0, 0.1) is 6.92 Å². The van der Waals surface area contributed by atoms with E-state index >= 15 is 0 Å². The molecule has 1 aliphatic heterocycles. The van der Waals surface area contributed by atoms with Crippen molar-refractivity contribution in [2.24, 2.45) is 0 Å². The molecule has 0 atom stereocenters. The van der Waals surface area contributed by atoms with Crippen molar-refractivity contribution in [3.63, 3.8) is 0 Å². The first-order valence-corrected chi connectivity index (χ1v) is 6.38. The van der Waals surface area contributed by atoms with Gasteiger partial charge in [-0.2, -0.15) is 0 Å². The molecule has 1 aromatic heterocycles. The molecule has 1 spiro atoms. The molecule has 0 unspecified atom stereocenters. The van der Waals surface area contributed by atoms with Crippen LogP contribution in [0.3, 0.4) is 0 Å². The third-order valence-corrected chi connectivity index (χ3v) is 4.20. The number of anilines is 1. The largest absolute Gasteiger partial charge is 0.351 e. The van der Waals surface area contributed by atoms with Crippen LogP contribution in [0.1, 0.15) is 44.3 Å². The van der Waals surface area contributed by atoms with Crippen LogP contribution in [0.5, 0.6) is 0 Å². The van der Waals surface area contributed by atoms with Crippen molar-refractivity contribution < 1.29 is 0 Å². The van der Waals surface area contributed by atoms with Crippen molar-refractivity contribution in [1.29, 1.82) is 0 Å². The number of rotatable bonds is 1. The lowest BCUT2D eigenvalue weighted by atomic mass is 9.73. The average molecular weight is 217 g/mol. The topological polar surface area (TPSA) is 29.0 Å². The molecule has 0 N–H and O–H groups in total. The fourth-order valence-electron chi connectivity index (χ4n) is 3.22. The number of hydrogen-bond acceptors (Lipinski definition) is 3. The van der Waals surface area contributed by atoms with Gasteiger partial charge in [-0.1, -0.05) is 19.3 Å². The van der Waals surface area contributed by atoms with Gasteiger partial charge in [-0.05, 0) is 32.3 Å². The molecule has 3 heteroatoms. The van der Waals surface area contributed by atoms with E-state index in [4.69, 9.17) is 0 Å². The lowest BCUT2D eigenvalue weighted by molar-refractivity contribution is 0.194. The van der Waals surface area contributed by atoms with E-state index in [1.807, 2.05) is 13.1 Å². The van der Waals surface area contributed by atoms with Crippen molar-refractivity contribution >= 4 is 5.82 Å². The van der Waals surface area contributed by atoms with Crippen LogP contribution in [0.2, 0.25) is 0 Å². The number of hydrogen-bond donors (Lipinski definition) is 0. The van der Waals surface area contributed by atoms with E-state index in [-0.39, 0.29) is 0 Å². The first-order chi connectivity index (χ1) is 7.80. The molecule has 0 amide bonds. The average Bonchev–Trinajstić information content (AvgIpc) is 2.29. The Kier molecular flexibility index (Phi) is 2.34. The molecule has 3 nitrogen and oxygen atoms in total. The first kappa shape index (κ1) is 10.1. The highest BCUT2D eigenvalue weighted by molar-refractivity contribution is 5.45. The Morgan fingerprint density at radius 3 is 2.62 bits per heavy atom. The summed E-state index contributed by atoms with van der Waals surface area (Å²) in [6, 6.07) is 2.06. The molecule has 0 radical (unpaired) electrons. The van der Waals surface area contributed by atoms with E-state index in [2.05, 4.69) is 20.9 Å². The summed E-state index contributed by atoms with van der Waals surface area (Å²) in [5, 5.41) is 0. The summed E-state index contributed by atoms with van der Waals surface area (Å²) in [6.07, 6.45) is 10.1. The Morgan fingerprint density at radius 1 is 1.19 bits per heavy atom. The van der Waals surface area contributed by atoms with E-state index in [1.54, 1.807) is 0 Å². The van der Waals surface area contributed by atoms with Gasteiger partial charge in [-0.15, -0.1) is 0 Å². The molecule has 1 aliphatic carbocycles. The summed E-state index contributed by atoms with van der Waals surface area (Å²) in [7, 11) is 0. The zero-order chi connectivity index (χ0) is 11.0. The molecular weight excluding hydrogens is 198 g/mol. The molecule has 0 bridgehead atoms. The van der Waals surface area contributed by atoms with Crippen LogP contribution in [-0.4, -0.2) is 22.1 Å². The maximum absolute atomic E-state index is 4.56. The van der Waals surface area contributed by atoms with Crippen LogP contribution < -0.4 is 4.90 Å². The fourth-order valence-corrected chi connectivity index (χ4v) is 3.22. The summed E-state index contributed by atoms with van der Waals surface area (Å²) in [5.41, 5.74) is 0.457. The monoisotopic (exact) mass is 217 g/mol. The maximum Gasteiger partial charge on any atom is 0.132 e. The zero-order valence-corrected chi connectivity index (χ0v) is 9.95. The molecule has 0 aromatic carbocycles. The molecular formula is C13H19N3. The van der Waals surface area contributed by atoms with Crippen LogP contribution in [0.25, 0.3) is 0 Å². The summed E-state index contributed by atoms with van der Waals surface area (Å²) < 4.78 is 0. The number of aromatic nitrogens is 2. The quantitative estimate of drug-likeness (QED) is 0.724. The Morgan fingerprint density at radius 2 is 2.00 bits per heavy atom. The highest BCUT2D eigenvalue weighted by atomic mass is 15.3. The number of aryl methyl sites for hydroxylation is 1. The second kappa shape index (κ2) is 3.72. The molecule has 1 aromatic rings. The Labute approximate surface area is 96.9 Å². The molecule has 2 heterocycles. The van der Waals surface area contributed by atoms with Crippen LogP contribution >= 0.6 is 0 Å². The minimum absolute atomic E-state index is 0.457. The Bertz CT molecular complexity index is 383. The predicted octanol–water partition coefficient (Wildman–Crippen LogP) is 2.70. The van der Waals surface area contributed by atoms with Crippen LogP contribution in [0.4, 0.5) is 5.82 Å². The molecule has 16 heavy (non-hydrogen) atoms. The van der Waals surface area contributed by atoms with E-state index in [0.29, 0.717) is 5.54 Å². The van der Waals surface area contributed by atoms with E-state index in [9.17, 15) is 0 Å². The summed E-state index contributed by atoms with van der Waals surface area (Å²) >= 11 is 0. The summed E-state index contributed by atoms with van der Waals surface area (Å²) in [5.74, 6) is 2.02. The zero-order valence-electron chi connectivity index (χ0n) is 9.95. The minimum atomic E-state index is 0.457. The molecule has 1 saturated heterocycles. The molecule has 86 valence electrons. The Balaban J connectivity index is 1.85. The lowest BCUT2D eigenvalue weighted by Gasteiger charge is -2.55. The molecule has 2 fully saturated rings. The van der Waals surface area contributed by atoms with Crippen molar-refractivity contribution in [3.8, 4) is 0 Å². The first-order valence-electron chi connectivity index (χ1n) is 6.38. The van der Waals surface area contributed by atoms with Crippen molar-refractivity contribution in [1.82, 2.24) is 9.97 Å². The van der Waals surface area contributed by atoms with Gasteiger partial charge in [-0.25, -0.2) is 9.97 Å². The van der Waals surface area contributed by atoms with Gasteiger partial charge in [0.05, 0.1) is 0 Å². The van der Waals surface area contributed by atoms with E-state index in [1.165, 1.54) is 45.1 Å². The fraction of sp³-hybridized carbons (Fsp3) is 0.692. The minimum Gasteiger partial charge on any atom is -0.351 e.